The molecule has 0 aromatic rings. The maximum absolute atomic E-state index is 11.4. The van der Waals surface area contributed by atoms with Gasteiger partial charge in [-0.05, 0) is 6.26 Å². The quantitative estimate of drug-likeness (QED) is 0.670. The third-order valence-corrected chi connectivity index (χ3v) is 6.04. The monoisotopic (exact) mass is 210 g/mol. The zero-order valence-corrected chi connectivity index (χ0v) is 8.82. The van der Waals surface area contributed by atoms with Crippen LogP contribution in [0.3, 0.4) is 0 Å². The maximum atomic E-state index is 11.4. The minimum absolute atomic E-state index is 0.429. The summed E-state index contributed by atoms with van der Waals surface area (Å²) in [5.41, 5.74) is 0. The Balaban J connectivity index is 2.78. The second-order valence-electron chi connectivity index (χ2n) is 3.11. The van der Waals surface area contributed by atoms with Crippen molar-refractivity contribution in [3.8, 4) is 0 Å². The summed E-state index contributed by atoms with van der Waals surface area (Å²) in [5.74, 6) is 0. The van der Waals surface area contributed by atoms with Gasteiger partial charge in [0.25, 0.3) is 0 Å². The molecule has 2 N–H and O–H groups in total. The molecule has 0 aromatic carbocycles. The van der Waals surface area contributed by atoms with Crippen molar-refractivity contribution >= 4 is 22.6 Å². The van der Waals surface area contributed by atoms with Crippen LogP contribution >= 0.6 is 11.8 Å². The molecule has 1 fully saturated rings. The summed E-state index contributed by atoms with van der Waals surface area (Å²) >= 11 is 1.48. The minimum Gasteiger partial charge on any atom is -0.390 e. The highest BCUT2D eigenvalue weighted by molar-refractivity contribution is 8.11. The molecule has 1 saturated carbocycles. The first-order valence-electron chi connectivity index (χ1n) is 3.76. The van der Waals surface area contributed by atoms with Crippen LogP contribution in [0.5, 0.6) is 0 Å². The molecule has 0 spiro atoms. The van der Waals surface area contributed by atoms with Gasteiger partial charge in [0.15, 0.2) is 0 Å². The van der Waals surface area contributed by atoms with E-state index in [9.17, 15) is 14.4 Å². The normalized spacial score (nSPS) is 36.7. The van der Waals surface area contributed by atoms with Crippen molar-refractivity contribution in [1.82, 2.24) is 0 Å². The summed E-state index contributed by atoms with van der Waals surface area (Å²) in [6, 6.07) is 0. The molecule has 0 unspecified atom stereocenters. The first kappa shape index (κ1) is 10.5. The number of aliphatic hydroxyl groups is 2. The minimum atomic E-state index is -0.998. The van der Waals surface area contributed by atoms with Gasteiger partial charge in [-0.2, -0.15) is 0 Å². The van der Waals surface area contributed by atoms with E-state index < -0.39 is 27.1 Å². The van der Waals surface area contributed by atoms with E-state index in [0.29, 0.717) is 12.8 Å². The van der Waals surface area contributed by atoms with Gasteiger partial charge in [0, 0.05) is 29.9 Å². The van der Waals surface area contributed by atoms with Gasteiger partial charge in [-0.3, -0.25) is 4.21 Å². The van der Waals surface area contributed by atoms with Crippen molar-refractivity contribution in [2.75, 3.05) is 12.5 Å². The van der Waals surface area contributed by atoms with Crippen molar-refractivity contribution in [2.24, 2.45) is 0 Å². The Labute approximate surface area is 79.0 Å². The van der Waals surface area contributed by atoms with Crippen LogP contribution in [-0.2, 0) is 10.8 Å². The van der Waals surface area contributed by atoms with Gasteiger partial charge in [0.1, 0.15) is 0 Å². The maximum Gasteiger partial charge on any atom is 0.0954 e. The summed E-state index contributed by atoms with van der Waals surface area (Å²) in [4.78, 5) is 0. The molecule has 3 nitrogen and oxygen atoms in total. The fourth-order valence-corrected chi connectivity index (χ4v) is 3.94. The number of rotatable bonds is 2. The molecule has 0 aromatic heterocycles. The van der Waals surface area contributed by atoms with Crippen LogP contribution in [0.2, 0.25) is 0 Å². The molecule has 0 saturated heterocycles. The molecule has 1 aliphatic carbocycles. The van der Waals surface area contributed by atoms with E-state index in [2.05, 4.69) is 0 Å². The highest BCUT2D eigenvalue weighted by atomic mass is 32.2. The van der Waals surface area contributed by atoms with E-state index in [1.807, 2.05) is 6.26 Å². The van der Waals surface area contributed by atoms with Crippen LogP contribution in [0.15, 0.2) is 0 Å². The average Bonchev–Trinajstić information content (AvgIpc) is 2.29. The van der Waals surface area contributed by atoms with Crippen molar-refractivity contribution < 1.29 is 14.4 Å². The van der Waals surface area contributed by atoms with Crippen LogP contribution in [0.25, 0.3) is 0 Å². The fourth-order valence-electron chi connectivity index (χ4n) is 1.51. The van der Waals surface area contributed by atoms with Gasteiger partial charge in [0.2, 0.25) is 0 Å². The first-order chi connectivity index (χ1) is 5.52. The second kappa shape index (κ2) is 3.65. The topological polar surface area (TPSA) is 57.5 Å². The van der Waals surface area contributed by atoms with E-state index in [1.54, 1.807) is 6.26 Å². The molecular weight excluding hydrogens is 196 g/mol. The third kappa shape index (κ3) is 1.69. The van der Waals surface area contributed by atoms with Gasteiger partial charge >= 0.3 is 0 Å². The van der Waals surface area contributed by atoms with Gasteiger partial charge in [0.05, 0.1) is 16.3 Å². The molecule has 0 aliphatic heterocycles. The van der Waals surface area contributed by atoms with Gasteiger partial charge in [-0.1, -0.05) is 0 Å². The summed E-state index contributed by atoms with van der Waals surface area (Å²) < 4.78 is 10.9. The van der Waals surface area contributed by atoms with Crippen molar-refractivity contribution in [2.45, 2.75) is 29.1 Å². The smallest absolute Gasteiger partial charge is 0.0954 e. The van der Waals surface area contributed by atoms with Gasteiger partial charge in [-0.25, -0.2) is 0 Å². The predicted molar refractivity (Wildman–Crippen MR) is 51.6 cm³/mol. The summed E-state index contributed by atoms with van der Waals surface area (Å²) in [6.07, 6.45) is 2.94. The van der Waals surface area contributed by atoms with Crippen LogP contribution in [-0.4, -0.2) is 43.2 Å². The Morgan fingerprint density at radius 2 is 1.83 bits per heavy atom. The number of aliphatic hydroxyl groups excluding tert-OH is 2. The van der Waals surface area contributed by atoms with Gasteiger partial charge < -0.3 is 10.2 Å². The summed E-state index contributed by atoms with van der Waals surface area (Å²) in [7, 11) is -0.998. The Morgan fingerprint density at radius 1 is 1.42 bits per heavy atom. The molecule has 0 bridgehead atoms. The predicted octanol–water partition coefficient (Wildman–Crippen LogP) is -0.0602. The van der Waals surface area contributed by atoms with Crippen LogP contribution < -0.4 is 0 Å². The van der Waals surface area contributed by atoms with E-state index in [0.717, 1.165) is 0 Å². The van der Waals surface area contributed by atoms with Crippen LogP contribution in [0.1, 0.15) is 12.8 Å². The van der Waals surface area contributed by atoms with E-state index in [1.165, 1.54) is 11.8 Å². The molecule has 0 amide bonds. The largest absolute Gasteiger partial charge is 0.390 e. The number of thioether (sulfide) groups is 1. The molecule has 12 heavy (non-hydrogen) atoms. The molecular formula is C7H14O3S2. The second-order valence-corrected chi connectivity index (χ2v) is 6.25. The lowest BCUT2D eigenvalue weighted by Crippen LogP contribution is -2.26. The molecule has 0 heterocycles. The lowest BCUT2D eigenvalue weighted by Gasteiger charge is -2.23. The Morgan fingerprint density at radius 3 is 2.00 bits per heavy atom. The molecule has 0 radical (unpaired) electrons. The van der Waals surface area contributed by atoms with E-state index in [-0.39, 0.29) is 0 Å². The molecule has 3 atom stereocenters. The SMILES string of the molecule is CSC1([S@@](C)=O)C[C@H](O)[C@@H](O)C1. The first-order valence-corrected chi connectivity index (χ1v) is 6.55. The zero-order chi connectivity index (χ0) is 9.35. The van der Waals surface area contributed by atoms with Crippen molar-refractivity contribution in [1.29, 1.82) is 0 Å². The molecule has 1 aliphatic rings. The van der Waals surface area contributed by atoms with Crippen LogP contribution in [0.4, 0.5) is 0 Å². The lowest BCUT2D eigenvalue weighted by atomic mass is 10.3. The standard InChI is InChI=1S/C7H14O3S2/c1-11-7(12(2)10)3-5(8)6(9)4-7/h5-6,8-9H,3-4H2,1-2H3/t5-,6-,12+/m0/s1. The van der Waals surface area contributed by atoms with Crippen molar-refractivity contribution in [3.05, 3.63) is 0 Å². The van der Waals surface area contributed by atoms with E-state index in [4.69, 9.17) is 0 Å². The fraction of sp³-hybridized carbons (Fsp3) is 1.00. The number of hydrogen-bond donors (Lipinski definition) is 2. The highest BCUT2D eigenvalue weighted by Gasteiger charge is 2.46. The Hall–Kier alpha value is 0.420. The Kier molecular flexibility index (Phi) is 3.20. The third-order valence-electron chi connectivity index (χ3n) is 2.38. The molecule has 1 rings (SSSR count). The average molecular weight is 210 g/mol. The number of hydrogen-bond acceptors (Lipinski definition) is 4. The van der Waals surface area contributed by atoms with Crippen molar-refractivity contribution in [3.63, 3.8) is 0 Å². The Bertz CT molecular complexity index is 185. The highest BCUT2D eigenvalue weighted by Crippen LogP contribution is 2.42. The summed E-state index contributed by atoms with van der Waals surface area (Å²) in [5, 5.41) is 18.6. The summed E-state index contributed by atoms with van der Waals surface area (Å²) in [6.45, 7) is 0. The van der Waals surface area contributed by atoms with Gasteiger partial charge in [-0.15, -0.1) is 11.8 Å². The zero-order valence-electron chi connectivity index (χ0n) is 7.19. The molecule has 72 valence electrons. The van der Waals surface area contributed by atoms with E-state index >= 15 is 0 Å². The van der Waals surface area contributed by atoms with Crippen LogP contribution in [0, 0.1) is 0 Å². The molecule has 5 heteroatoms. The lowest BCUT2D eigenvalue weighted by molar-refractivity contribution is 0.0438.